The number of aromatic nitrogens is 2. The third kappa shape index (κ3) is 2.21. The summed E-state index contributed by atoms with van der Waals surface area (Å²) in [4.78, 5) is 13.0. The quantitative estimate of drug-likeness (QED) is 0.938. The molecule has 6 nitrogen and oxygen atoms in total. The molecule has 1 fully saturated rings. The Morgan fingerprint density at radius 2 is 2.00 bits per heavy atom. The van der Waals surface area contributed by atoms with Gasteiger partial charge in [0.2, 0.25) is 0 Å². The van der Waals surface area contributed by atoms with E-state index in [1.165, 1.54) is 0 Å². The first-order chi connectivity index (χ1) is 11.6. The monoisotopic (exact) mass is 330 g/mol. The van der Waals surface area contributed by atoms with Gasteiger partial charge in [0.1, 0.15) is 5.75 Å². The van der Waals surface area contributed by atoms with Gasteiger partial charge < -0.3 is 14.2 Å². The van der Waals surface area contributed by atoms with Crippen molar-refractivity contribution in [3.05, 3.63) is 45.9 Å². The van der Waals surface area contributed by atoms with Crippen molar-refractivity contribution < 1.29 is 14.2 Å². The van der Waals surface area contributed by atoms with Crippen LogP contribution in [0.2, 0.25) is 0 Å². The summed E-state index contributed by atoms with van der Waals surface area (Å²) in [5.41, 5.74) is 2.30. The summed E-state index contributed by atoms with van der Waals surface area (Å²) in [6.45, 7) is 2.08. The summed E-state index contributed by atoms with van der Waals surface area (Å²) in [5.74, 6) is 0.881. The van der Waals surface area contributed by atoms with Gasteiger partial charge in [0.05, 0.1) is 18.4 Å². The maximum atomic E-state index is 13.0. The van der Waals surface area contributed by atoms with Gasteiger partial charge in [-0.2, -0.15) is 0 Å². The molecular formula is C18H22N2O4. The van der Waals surface area contributed by atoms with Crippen LogP contribution in [0.25, 0.3) is 5.69 Å². The fourth-order valence-corrected chi connectivity index (χ4v) is 4.08. The van der Waals surface area contributed by atoms with Crippen LogP contribution in [-0.2, 0) is 15.9 Å². The molecule has 0 bridgehead atoms. The Bertz CT molecular complexity index is 807. The second-order valence-electron chi connectivity index (χ2n) is 6.75. The Labute approximate surface area is 140 Å². The molecule has 24 heavy (non-hydrogen) atoms. The van der Waals surface area contributed by atoms with Crippen molar-refractivity contribution in [3.8, 4) is 11.4 Å². The van der Waals surface area contributed by atoms with E-state index >= 15 is 0 Å². The average molecular weight is 330 g/mol. The highest BCUT2D eigenvalue weighted by atomic mass is 16.7. The van der Waals surface area contributed by atoms with Crippen molar-refractivity contribution >= 4 is 0 Å². The summed E-state index contributed by atoms with van der Waals surface area (Å²) >= 11 is 0. The fraction of sp³-hybridized carbons (Fsp3) is 0.500. The molecule has 1 aromatic heterocycles. The predicted octanol–water partition coefficient (Wildman–Crippen LogP) is 2.36. The molecule has 1 aromatic carbocycles. The molecule has 1 aliphatic carbocycles. The molecule has 0 spiro atoms. The number of benzene rings is 1. The SMILES string of the molecule is COc1ccc(-n2[nH]c3c(c2=O)[C@H]2CC[C@@H](OC)O[C@@]2(C)C3)cc1. The first-order valence-corrected chi connectivity index (χ1v) is 8.24. The van der Waals surface area contributed by atoms with Crippen LogP contribution >= 0.6 is 0 Å². The van der Waals surface area contributed by atoms with Gasteiger partial charge in [-0.3, -0.25) is 9.89 Å². The Kier molecular flexibility index (Phi) is 3.54. The van der Waals surface area contributed by atoms with Crippen molar-refractivity contribution in [2.45, 2.75) is 44.0 Å². The van der Waals surface area contributed by atoms with E-state index in [0.717, 1.165) is 35.5 Å². The lowest BCUT2D eigenvalue weighted by Crippen LogP contribution is -2.44. The molecule has 128 valence electrons. The predicted molar refractivity (Wildman–Crippen MR) is 88.9 cm³/mol. The molecule has 0 saturated carbocycles. The van der Waals surface area contributed by atoms with Crippen LogP contribution in [0, 0.1) is 0 Å². The smallest absolute Gasteiger partial charge is 0.275 e. The second-order valence-corrected chi connectivity index (χ2v) is 6.75. The van der Waals surface area contributed by atoms with Gasteiger partial charge in [-0.1, -0.05) is 0 Å². The number of rotatable bonds is 3. The number of aromatic amines is 1. The Morgan fingerprint density at radius 1 is 1.25 bits per heavy atom. The van der Waals surface area contributed by atoms with Crippen molar-refractivity contribution in [1.29, 1.82) is 0 Å². The van der Waals surface area contributed by atoms with E-state index in [0.29, 0.717) is 6.42 Å². The fourth-order valence-electron chi connectivity index (χ4n) is 4.08. The van der Waals surface area contributed by atoms with Crippen LogP contribution in [0.1, 0.15) is 36.9 Å². The Morgan fingerprint density at radius 3 is 2.67 bits per heavy atom. The topological polar surface area (TPSA) is 65.5 Å². The minimum absolute atomic E-state index is 0.0170. The van der Waals surface area contributed by atoms with Gasteiger partial charge in [0.25, 0.3) is 5.56 Å². The Balaban J connectivity index is 1.70. The highest BCUT2D eigenvalue weighted by Crippen LogP contribution is 2.48. The molecule has 2 aliphatic rings. The lowest BCUT2D eigenvalue weighted by atomic mass is 9.83. The van der Waals surface area contributed by atoms with E-state index in [2.05, 4.69) is 12.0 Å². The number of hydrogen-bond acceptors (Lipinski definition) is 4. The summed E-state index contributed by atoms with van der Waals surface area (Å²) in [6, 6.07) is 7.46. The normalized spacial score (nSPS) is 28.5. The van der Waals surface area contributed by atoms with Crippen LogP contribution in [0.3, 0.4) is 0 Å². The molecule has 1 aliphatic heterocycles. The van der Waals surface area contributed by atoms with Crippen LogP contribution < -0.4 is 10.3 Å². The number of hydrogen-bond donors (Lipinski definition) is 1. The van der Waals surface area contributed by atoms with E-state index in [9.17, 15) is 4.79 Å². The highest BCUT2D eigenvalue weighted by molar-refractivity contribution is 5.41. The largest absolute Gasteiger partial charge is 0.497 e. The standard InChI is InChI=1S/C18H22N2O4/c1-18-10-14-16(13(18)8-9-15(23-3)24-18)17(21)20(19-14)11-4-6-12(22-2)7-5-11/h4-7,13,15,19H,8-10H2,1-3H3/t13-,15+,18+/m1/s1. The van der Waals surface area contributed by atoms with Crippen LogP contribution in [0.15, 0.2) is 29.1 Å². The van der Waals surface area contributed by atoms with Crippen molar-refractivity contribution in [1.82, 2.24) is 9.78 Å². The van der Waals surface area contributed by atoms with Crippen molar-refractivity contribution in [2.75, 3.05) is 14.2 Å². The maximum Gasteiger partial charge on any atom is 0.275 e. The Hall–Kier alpha value is -2.05. The highest BCUT2D eigenvalue weighted by Gasteiger charge is 2.50. The first-order valence-electron chi connectivity index (χ1n) is 8.24. The third-order valence-corrected chi connectivity index (χ3v) is 5.30. The van der Waals surface area contributed by atoms with Crippen LogP contribution in [0.5, 0.6) is 5.75 Å². The molecule has 4 rings (SSSR count). The van der Waals surface area contributed by atoms with Gasteiger partial charge in [0.15, 0.2) is 6.29 Å². The molecule has 1 saturated heterocycles. The summed E-state index contributed by atoms with van der Waals surface area (Å²) in [7, 11) is 3.29. The molecule has 3 atom stereocenters. The summed E-state index contributed by atoms with van der Waals surface area (Å²) in [5, 5.41) is 3.27. The van der Waals surface area contributed by atoms with Crippen LogP contribution in [-0.4, -0.2) is 35.9 Å². The van der Waals surface area contributed by atoms with Crippen LogP contribution in [0.4, 0.5) is 0 Å². The van der Waals surface area contributed by atoms with E-state index in [-0.39, 0.29) is 23.4 Å². The molecule has 0 unspecified atom stereocenters. The molecule has 1 N–H and O–H groups in total. The number of fused-ring (bicyclic) bond motifs is 3. The zero-order valence-corrected chi connectivity index (χ0v) is 14.2. The zero-order chi connectivity index (χ0) is 16.9. The molecular weight excluding hydrogens is 308 g/mol. The number of nitrogens with zero attached hydrogens (tertiary/aromatic N) is 1. The first kappa shape index (κ1) is 15.5. The van der Waals surface area contributed by atoms with Gasteiger partial charge in [-0.15, -0.1) is 0 Å². The van der Waals surface area contributed by atoms with Crippen molar-refractivity contribution in [3.63, 3.8) is 0 Å². The maximum absolute atomic E-state index is 13.0. The molecule has 0 amide bonds. The zero-order valence-electron chi connectivity index (χ0n) is 14.2. The summed E-state index contributed by atoms with van der Waals surface area (Å²) < 4.78 is 18.3. The number of nitrogens with one attached hydrogen (secondary N) is 1. The van der Waals surface area contributed by atoms with E-state index in [1.807, 2.05) is 24.3 Å². The van der Waals surface area contributed by atoms with Crippen molar-refractivity contribution in [2.24, 2.45) is 0 Å². The minimum atomic E-state index is -0.363. The number of methoxy groups -OCH3 is 2. The van der Waals surface area contributed by atoms with Gasteiger partial charge in [-0.25, -0.2) is 4.68 Å². The minimum Gasteiger partial charge on any atom is -0.497 e. The lowest BCUT2D eigenvalue weighted by molar-refractivity contribution is -0.223. The second kappa shape index (κ2) is 5.50. The molecule has 0 radical (unpaired) electrons. The van der Waals surface area contributed by atoms with Gasteiger partial charge >= 0.3 is 0 Å². The van der Waals surface area contributed by atoms with E-state index in [4.69, 9.17) is 14.2 Å². The number of H-pyrrole nitrogens is 1. The van der Waals surface area contributed by atoms with E-state index in [1.54, 1.807) is 18.9 Å². The summed E-state index contributed by atoms with van der Waals surface area (Å²) in [6.07, 6.45) is 2.23. The molecule has 2 aromatic rings. The third-order valence-electron chi connectivity index (χ3n) is 5.30. The average Bonchev–Trinajstić information content (AvgIpc) is 3.06. The van der Waals surface area contributed by atoms with E-state index < -0.39 is 0 Å². The van der Waals surface area contributed by atoms with Gasteiger partial charge in [0, 0.05) is 30.7 Å². The lowest BCUT2D eigenvalue weighted by Gasteiger charge is -2.40. The molecule has 6 heteroatoms. The number of ether oxygens (including phenoxy) is 3. The molecule has 2 heterocycles. The van der Waals surface area contributed by atoms with Gasteiger partial charge in [-0.05, 0) is 44.0 Å².